The molecular weight excluding hydrogens is 200 g/mol. The van der Waals surface area contributed by atoms with Crippen LogP contribution in [0.15, 0.2) is 18.2 Å². The smallest absolute Gasteiger partial charge is 0.225 e. The summed E-state index contributed by atoms with van der Waals surface area (Å²) in [5, 5.41) is 6.06. The highest BCUT2D eigenvalue weighted by molar-refractivity contribution is 5.91. The fraction of sp³-hybridized carbons (Fsp3) is 0.462. The van der Waals surface area contributed by atoms with Crippen LogP contribution < -0.4 is 10.6 Å². The molecule has 0 bridgehead atoms. The Bertz CT molecular complexity index is 361. The van der Waals surface area contributed by atoms with Gasteiger partial charge in [-0.15, -0.1) is 0 Å². The number of amides is 1. The average molecular weight is 220 g/mol. The van der Waals surface area contributed by atoms with Crippen molar-refractivity contribution < 1.29 is 4.79 Å². The van der Waals surface area contributed by atoms with E-state index < -0.39 is 0 Å². The number of aryl methyl sites for hydroxylation is 2. The SMILES string of the molecule is CCNCCC(=O)Nc1cc(C)ccc1C. The monoisotopic (exact) mass is 220 g/mol. The number of rotatable bonds is 5. The zero-order valence-corrected chi connectivity index (χ0v) is 10.3. The number of carbonyl (C=O) groups is 1. The highest BCUT2D eigenvalue weighted by Gasteiger charge is 2.04. The first-order valence-corrected chi connectivity index (χ1v) is 5.71. The third-order valence-corrected chi connectivity index (χ3v) is 2.45. The third kappa shape index (κ3) is 4.03. The van der Waals surface area contributed by atoms with E-state index in [0.717, 1.165) is 29.9 Å². The highest BCUT2D eigenvalue weighted by atomic mass is 16.1. The van der Waals surface area contributed by atoms with E-state index in [1.807, 2.05) is 39.0 Å². The molecule has 1 aromatic rings. The van der Waals surface area contributed by atoms with Crippen LogP contribution in [-0.4, -0.2) is 19.0 Å². The summed E-state index contributed by atoms with van der Waals surface area (Å²) in [5.74, 6) is 0.0645. The van der Waals surface area contributed by atoms with Crippen LogP contribution in [0.5, 0.6) is 0 Å². The molecule has 1 amide bonds. The molecule has 0 aliphatic heterocycles. The standard InChI is InChI=1S/C13H20N2O/c1-4-14-8-7-13(16)15-12-9-10(2)5-6-11(12)3/h5-6,9,14H,4,7-8H2,1-3H3,(H,15,16). The van der Waals surface area contributed by atoms with Gasteiger partial charge in [0.15, 0.2) is 0 Å². The zero-order valence-electron chi connectivity index (χ0n) is 10.3. The van der Waals surface area contributed by atoms with Crippen molar-refractivity contribution in [1.82, 2.24) is 5.32 Å². The van der Waals surface area contributed by atoms with Gasteiger partial charge in [0.1, 0.15) is 0 Å². The Morgan fingerprint density at radius 1 is 1.31 bits per heavy atom. The molecule has 0 heterocycles. The quantitative estimate of drug-likeness (QED) is 0.747. The maximum atomic E-state index is 11.6. The maximum Gasteiger partial charge on any atom is 0.225 e. The molecule has 3 nitrogen and oxygen atoms in total. The summed E-state index contributed by atoms with van der Waals surface area (Å²) >= 11 is 0. The minimum absolute atomic E-state index is 0.0645. The second-order valence-electron chi connectivity index (χ2n) is 3.97. The molecule has 0 fully saturated rings. The Morgan fingerprint density at radius 2 is 2.06 bits per heavy atom. The van der Waals surface area contributed by atoms with E-state index in [4.69, 9.17) is 0 Å². The summed E-state index contributed by atoms with van der Waals surface area (Å²) in [6, 6.07) is 6.07. The van der Waals surface area contributed by atoms with Crippen molar-refractivity contribution in [3.63, 3.8) is 0 Å². The van der Waals surface area contributed by atoms with Gasteiger partial charge < -0.3 is 10.6 Å². The molecule has 0 saturated carbocycles. The van der Waals surface area contributed by atoms with Crippen LogP contribution >= 0.6 is 0 Å². The summed E-state index contributed by atoms with van der Waals surface area (Å²) in [6.45, 7) is 7.68. The van der Waals surface area contributed by atoms with E-state index in [1.165, 1.54) is 0 Å². The first kappa shape index (κ1) is 12.7. The van der Waals surface area contributed by atoms with Crippen molar-refractivity contribution in [2.24, 2.45) is 0 Å². The Balaban J connectivity index is 2.52. The second kappa shape index (κ2) is 6.28. The minimum Gasteiger partial charge on any atom is -0.326 e. The molecule has 0 saturated heterocycles. The van der Waals surface area contributed by atoms with Gasteiger partial charge in [-0.2, -0.15) is 0 Å². The molecule has 2 N–H and O–H groups in total. The lowest BCUT2D eigenvalue weighted by atomic mass is 10.1. The van der Waals surface area contributed by atoms with Crippen LogP contribution in [0, 0.1) is 13.8 Å². The predicted octanol–water partition coefficient (Wildman–Crippen LogP) is 2.24. The van der Waals surface area contributed by atoms with Gasteiger partial charge in [-0.1, -0.05) is 19.1 Å². The van der Waals surface area contributed by atoms with E-state index >= 15 is 0 Å². The van der Waals surface area contributed by atoms with E-state index in [1.54, 1.807) is 0 Å². The lowest BCUT2D eigenvalue weighted by Gasteiger charge is -2.09. The van der Waals surface area contributed by atoms with E-state index in [0.29, 0.717) is 6.42 Å². The molecule has 88 valence electrons. The fourth-order valence-electron chi connectivity index (χ4n) is 1.46. The normalized spacial score (nSPS) is 10.2. The average Bonchev–Trinajstić information content (AvgIpc) is 2.24. The van der Waals surface area contributed by atoms with Gasteiger partial charge in [0, 0.05) is 18.7 Å². The van der Waals surface area contributed by atoms with Crippen LogP contribution in [0.2, 0.25) is 0 Å². The Morgan fingerprint density at radius 3 is 2.75 bits per heavy atom. The first-order chi connectivity index (χ1) is 7.63. The van der Waals surface area contributed by atoms with Crippen molar-refractivity contribution in [2.45, 2.75) is 27.2 Å². The van der Waals surface area contributed by atoms with Gasteiger partial charge in [0.05, 0.1) is 0 Å². The molecule has 1 rings (SSSR count). The van der Waals surface area contributed by atoms with Crippen LogP contribution in [0.4, 0.5) is 5.69 Å². The number of hydrogen-bond donors (Lipinski definition) is 2. The number of benzene rings is 1. The van der Waals surface area contributed by atoms with E-state index in [2.05, 4.69) is 10.6 Å². The number of carbonyl (C=O) groups excluding carboxylic acids is 1. The first-order valence-electron chi connectivity index (χ1n) is 5.71. The summed E-state index contributed by atoms with van der Waals surface area (Å²) in [5.41, 5.74) is 3.18. The van der Waals surface area contributed by atoms with Crippen LogP contribution in [0.25, 0.3) is 0 Å². The molecule has 0 unspecified atom stereocenters. The molecule has 0 aliphatic rings. The molecular formula is C13H20N2O. The number of nitrogens with one attached hydrogen (secondary N) is 2. The van der Waals surface area contributed by atoms with Gasteiger partial charge in [-0.05, 0) is 37.6 Å². The molecule has 0 spiro atoms. The fourth-order valence-corrected chi connectivity index (χ4v) is 1.46. The summed E-state index contributed by atoms with van der Waals surface area (Å²) < 4.78 is 0. The minimum atomic E-state index is 0.0645. The van der Waals surface area contributed by atoms with Gasteiger partial charge in [-0.3, -0.25) is 4.79 Å². The number of anilines is 1. The maximum absolute atomic E-state index is 11.6. The Hall–Kier alpha value is -1.35. The van der Waals surface area contributed by atoms with E-state index in [9.17, 15) is 4.79 Å². The molecule has 16 heavy (non-hydrogen) atoms. The highest BCUT2D eigenvalue weighted by Crippen LogP contribution is 2.16. The molecule has 0 aromatic heterocycles. The van der Waals surface area contributed by atoms with Crippen LogP contribution in [-0.2, 0) is 4.79 Å². The number of hydrogen-bond acceptors (Lipinski definition) is 2. The van der Waals surface area contributed by atoms with E-state index in [-0.39, 0.29) is 5.91 Å². The topological polar surface area (TPSA) is 41.1 Å². The van der Waals surface area contributed by atoms with Gasteiger partial charge in [0.2, 0.25) is 5.91 Å². The summed E-state index contributed by atoms with van der Waals surface area (Å²) in [6.07, 6.45) is 0.515. The van der Waals surface area contributed by atoms with Gasteiger partial charge in [-0.25, -0.2) is 0 Å². The molecule has 0 radical (unpaired) electrons. The Kier molecular flexibility index (Phi) is 4.99. The molecule has 0 aliphatic carbocycles. The van der Waals surface area contributed by atoms with Crippen LogP contribution in [0.3, 0.4) is 0 Å². The van der Waals surface area contributed by atoms with Crippen molar-refractivity contribution in [3.8, 4) is 0 Å². The summed E-state index contributed by atoms with van der Waals surface area (Å²) in [4.78, 5) is 11.6. The van der Waals surface area contributed by atoms with Crippen molar-refractivity contribution in [3.05, 3.63) is 29.3 Å². The molecule has 0 atom stereocenters. The Labute approximate surface area is 97.2 Å². The van der Waals surface area contributed by atoms with Gasteiger partial charge in [0.25, 0.3) is 0 Å². The summed E-state index contributed by atoms with van der Waals surface area (Å²) in [7, 11) is 0. The molecule has 1 aromatic carbocycles. The predicted molar refractivity (Wildman–Crippen MR) is 67.7 cm³/mol. The zero-order chi connectivity index (χ0) is 12.0. The lowest BCUT2D eigenvalue weighted by Crippen LogP contribution is -2.21. The largest absolute Gasteiger partial charge is 0.326 e. The third-order valence-electron chi connectivity index (χ3n) is 2.45. The van der Waals surface area contributed by atoms with Crippen LogP contribution in [0.1, 0.15) is 24.5 Å². The molecule has 3 heteroatoms. The van der Waals surface area contributed by atoms with Crippen molar-refractivity contribution >= 4 is 11.6 Å². The van der Waals surface area contributed by atoms with Crippen molar-refractivity contribution in [2.75, 3.05) is 18.4 Å². The second-order valence-corrected chi connectivity index (χ2v) is 3.97. The lowest BCUT2D eigenvalue weighted by molar-refractivity contribution is -0.116. The van der Waals surface area contributed by atoms with Crippen molar-refractivity contribution in [1.29, 1.82) is 0 Å². The van der Waals surface area contributed by atoms with Gasteiger partial charge >= 0.3 is 0 Å².